The van der Waals surface area contributed by atoms with Crippen LogP contribution in [0.15, 0.2) is 76.8 Å². The van der Waals surface area contributed by atoms with Crippen molar-refractivity contribution < 1.29 is 13.2 Å². The lowest BCUT2D eigenvalue weighted by molar-refractivity contribution is -0.118. The van der Waals surface area contributed by atoms with Gasteiger partial charge in [-0.1, -0.05) is 29.5 Å². The molecule has 0 aliphatic rings. The molecule has 2 aromatic carbocycles. The number of hydrogen-bond donors (Lipinski definition) is 0. The summed E-state index contributed by atoms with van der Waals surface area (Å²) in [6.45, 7) is 0.328. The van der Waals surface area contributed by atoms with Gasteiger partial charge >= 0.3 is 0 Å². The maximum absolute atomic E-state index is 13.3. The fourth-order valence-corrected chi connectivity index (χ4v) is 5.34. The SMILES string of the molecule is CSc1ccc(CC(=O)N(Cc2cccnc2)c2nc3ccc(S(C)(=O)=O)cc3s2)cc1. The van der Waals surface area contributed by atoms with Crippen molar-refractivity contribution in [3.63, 3.8) is 0 Å². The van der Waals surface area contributed by atoms with Crippen LogP contribution in [0.25, 0.3) is 10.2 Å². The summed E-state index contributed by atoms with van der Waals surface area (Å²) >= 11 is 2.96. The summed E-state index contributed by atoms with van der Waals surface area (Å²) in [7, 11) is -3.33. The van der Waals surface area contributed by atoms with Crippen molar-refractivity contribution in [3.05, 3.63) is 78.1 Å². The van der Waals surface area contributed by atoms with Gasteiger partial charge in [-0.2, -0.15) is 0 Å². The summed E-state index contributed by atoms with van der Waals surface area (Å²) in [6.07, 6.45) is 6.84. The first kappa shape index (κ1) is 22.4. The third-order valence-electron chi connectivity index (χ3n) is 4.89. The molecule has 4 rings (SSSR count). The second-order valence-corrected chi connectivity index (χ2v) is 11.2. The Bertz CT molecular complexity index is 1350. The molecule has 0 radical (unpaired) electrons. The zero-order valence-corrected chi connectivity index (χ0v) is 20.0. The molecule has 0 saturated heterocycles. The third-order valence-corrected chi connectivity index (χ3v) is 7.78. The van der Waals surface area contributed by atoms with Crippen molar-refractivity contribution in [2.24, 2.45) is 0 Å². The average molecular weight is 484 g/mol. The number of thiazole rings is 1. The summed E-state index contributed by atoms with van der Waals surface area (Å²) < 4.78 is 24.6. The highest BCUT2D eigenvalue weighted by Gasteiger charge is 2.21. The van der Waals surface area contributed by atoms with Gasteiger partial charge < -0.3 is 0 Å². The van der Waals surface area contributed by atoms with Gasteiger partial charge in [-0.15, -0.1) is 11.8 Å². The number of aromatic nitrogens is 2. The monoisotopic (exact) mass is 483 g/mol. The maximum Gasteiger partial charge on any atom is 0.233 e. The van der Waals surface area contributed by atoms with Crippen LogP contribution in [0.4, 0.5) is 5.13 Å². The number of carbonyl (C=O) groups excluding carboxylic acids is 1. The van der Waals surface area contributed by atoms with E-state index in [4.69, 9.17) is 0 Å². The fourth-order valence-electron chi connectivity index (χ4n) is 3.19. The van der Waals surface area contributed by atoms with Gasteiger partial charge in [0.2, 0.25) is 5.91 Å². The Kier molecular flexibility index (Phi) is 6.59. The number of nitrogens with zero attached hydrogens (tertiary/aromatic N) is 3. The predicted octanol–water partition coefficient (Wildman–Crippen LogP) is 4.59. The molecule has 32 heavy (non-hydrogen) atoms. The number of fused-ring (bicyclic) bond motifs is 1. The first-order chi connectivity index (χ1) is 15.3. The van der Waals surface area contributed by atoms with Gasteiger partial charge in [-0.3, -0.25) is 14.7 Å². The highest BCUT2D eigenvalue weighted by atomic mass is 32.2. The average Bonchev–Trinajstić information content (AvgIpc) is 3.21. The molecule has 0 unspecified atom stereocenters. The number of rotatable bonds is 7. The normalized spacial score (nSPS) is 11.6. The Morgan fingerprint density at radius 3 is 2.53 bits per heavy atom. The number of sulfone groups is 1. The van der Waals surface area contributed by atoms with E-state index in [2.05, 4.69) is 9.97 Å². The Hall–Kier alpha value is -2.75. The van der Waals surface area contributed by atoms with Crippen LogP contribution in [0, 0.1) is 0 Å². The number of anilines is 1. The lowest BCUT2D eigenvalue weighted by atomic mass is 10.1. The molecule has 0 atom stereocenters. The zero-order chi connectivity index (χ0) is 22.7. The van der Waals surface area contributed by atoms with Crippen LogP contribution >= 0.6 is 23.1 Å². The summed E-state index contributed by atoms with van der Waals surface area (Å²) in [5.74, 6) is -0.0897. The Morgan fingerprint density at radius 2 is 1.88 bits per heavy atom. The van der Waals surface area contributed by atoms with Crippen LogP contribution in [0.3, 0.4) is 0 Å². The molecule has 0 saturated carbocycles. The quantitative estimate of drug-likeness (QED) is 0.358. The molecule has 0 spiro atoms. The van der Waals surface area contributed by atoms with Crippen molar-refractivity contribution in [1.82, 2.24) is 9.97 Å². The summed E-state index contributed by atoms with van der Waals surface area (Å²) in [5, 5.41) is 0.528. The molecular formula is C23H21N3O3S3. The molecule has 0 fully saturated rings. The number of amides is 1. The van der Waals surface area contributed by atoms with Gasteiger partial charge in [0.05, 0.1) is 28.1 Å². The van der Waals surface area contributed by atoms with E-state index in [-0.39, 0.29) is 17.2 Å². The van der Waals surface area contributed by atoms with Crippen LogP contribution < -0.4 is 4.90 Å². The second-order valence-electron chi connectivity index (χ2n) is 7.26. The van der Waals surface area contributed by atoms with Crippen molar-refractivity contribution in [3.8, 4) is 0 Å². The fraction of sp³-hybridized carbons (Fsp3) is 0.174. The highest BCUT2D eigenvalue weighted by molar-refractivity contribution is 7.98. The van der Waals surface area contributed by atoms with Crippen LogP contribution in [0.5, 0.6) is 0 Å². The Labute approximate surface area is 195 Å². The molecule has 2 heterocycles. The van der Waals surface area contributed by atoms with Crippen LogP contribution in [-0.2, 0) is 27.6 Å². The van der Waals surface area contributed by atoms with Crippen molar-refractivity contribution in [2.75, 3.05) is 17.4 Å². The molecule has 164 valence electrons. The van der Waals surface area contributed by atoms with Gasteiger partial charge in [-0.25, -0.2) is 13.4 Å². The molecule has 0 bridgehead atoms. The molecule has 4 aromatic rings. The van der Waals surface area contributed by atoms with Crippen LogP contribution in [0.1, 0.15) is 11.1 Å². The highest BCUT2D eigenvalue weighted by Crippen LogP contribution is 2.32. The maximum atomic E-state index is 13.3. The van der Waals surface area contributed by atoms with E-state index in [0.717, 1.165) is 20.7 Å². The van der Waals surface area contributed by atoms with Gasteiger partial charge in [0.1, 0.15) is 0 Å². The predicted molar refractivity (Wildman–Crippen MR) is 130 cm³/mol. The first-order valence-electron chi connectivity index (χ1n) is 9.76. The molecule has 6 nitrogen and oxygen atoms in total. The van der Waals surface area contributed by atoms with Crippen molar-refractivity contribution in [1.29, 1.82) is 0 Å². The number of carbonyl (C=O) groups is 1. The van der Waals surface area contributed by atoms with E-state index in [1.54, 1.807) is 47.3 Å². The first-order valence-corrected chi connectivity index (χ1v) is 13.7. The topological polar surface area (TPSA) is 80.2 Å². The molecule has 0 aliphatic carbocycles. The van der Waals surface area contributed by atoms with E-state index in [1.165, 1.54) is 17.6 Å². The molecule has 1 amide bonds. The van der Waals surface area contributed by atoms with Crippen LogP contribution in [-0.4, -0.2) is 36.8 Å². The zero-order valence-electron chi connectivity index (χ0n) is 17.6. The van der Waals surface area contributed by atoms with Gasteiger partial charge in [0, 0.05) is 23.5 Å². The third kappa shape index (κ3) is 5.17. The summed E-state index contributed by atoms with van der Waals surface area (Å²) in [4.78, 5) is 25.1. The van der Waals surface area contributed by atoms with E-state index in [0.29, 0.717) is 17.2 Å². The Morgan fingerprint density at radius 1 is 1.09 bits per heavy atom. The standard InChI is InChI=1S/C23H21N3O3S3/c1-30-18-7-5-16(6-8-18)12-22(27)26(15-17-4-3-11-24-14-17)23-25-20-10-9-19(32(2,28)29)13-21(20)31-23/h3-11,13-14H,12,15H2,1-2H3. The number of pyridine rings is 1. The second kappa shape index (κ2) is 9.40. The Balaban J connectivity index is 1.69. The summed E-state index contributed by atoms with van der Waals surface area (Å²) in [6, 6.07) is 16.5. The van der Waals surface area contributed by atoms with E-state index < -0.39 is 9.84 Å². The van der Waals surface area contributed by atoms with Gasteiger partial charge in [0.15, 0.2) is 15.0 Å². The smallest absolute Gasteiger partial charge is 0.233 e. The molecule has 9 heteroatoms. The van der Waals surface area contributed by atoms with E-state index in [1.807, 2.05) is 42.7 Å². The molecule has 2 aromatic heterocycles. The minimum absolute atomic E-state index is 0.0897. The van der Waals surface area contributed by atoms with Gasteiger partial charge in [0.25, 0.3) is 0 Å². The largest absolute Gasteiger partial charge is 0.283 e. The van der Waals surface area contributed by atoms with Gasteiger partial charge in [-0.05, 0) is 53.8 Å². The molecular weight excluding hydrogens is 462 g/mol. The molecule has 0 N–H and O–H groups in total. The number of hydrogen-bond acceptors (Lipinski definition) is 7. The number of thioether (sulfide) groups is 1. The van der Waals surface area contributed by atoms with E-state index in [9.17, 15) is 13.2 Å². The lowest BCUT2D eigenvalue weighted by Gasteiger charge is -2.20. The minimum Gasteiger partial charge on any atom is -0.283 e. The van der Waals surface area contributed by atoms with Crippen LogP contribution in [0.2, 0.25) is 0 Å². The van der Waals surface area contributed by atoms with E-state index >= 15 is 0 Å². The van der Waals surface area contributed by atoms with Crippen molar-refractivity contribution in [2.45, 2.75) is 22.8 Å². The minimum atomic E-state index is -3.33. The van der Waals surface area contributed by atoms with Crippen molar-refractivity contribution >= 4 is 54.2 Å². The number of benzene rings is 2. The lowest BCUT2D eigenvalue weighted by Crippen LogP contribution is -2.31. The molecule has 0 aliphatic heterocycles. The summed E-state index contributed by atoms with van der Waals surface area (Å²) in [5.41, 5.74) is 2.46.